The van der Waals surface area contributed by atoms with Crippen LogP contribution in [0.1, 0.15) is 13.8 Å². The Labute approximate surface area is 108 Å². The molecule has 1 fully saturated rings. The van der Waals surface area contributed by atoms with Gasteiger partial charge in [-0.1, -0.05) is 49.0 Å². The molecule has 0 aromatic rings. The molecule has 92 valence electrons. The Bertz CT molecular complexity index is 240. The first kappa shape index (κ1) is 15.6. The third kappa shape index (κ3) is 7.85. The summed E-state index contributed by atoms with van der Waals surface area (Å²) in [6.07, 6.45) is 3.95. The molecule has 1 rings (SSSR count). The summed E-state index contributed by atoms with van der Waals surface area (Å²) in [5.74, 6) is 0. The third-order valence-electron chi connectivity index (χ3n) is 2.14. The molecule has 1 heterocycles. The summed E-state index contributed by atoms with van der Waals surface area (Å²) in [4.78, 5) is 2.40. The fraction of sp³-hybridized carbons (Fsp3) is 0.538. The predicted octanol–water partition coefficient (Wildman–Crippen LogP) is 2.94. The lowest BCUT2D eigenvalue weighted by molar-refractivity contribution is 0.261. The lowest BCUT2D eigenvalue weighted by Gasteiger charge is -2.27. The summed E-state index contributed by atoms with van der Waals surface area (Å²) >= 11 is 3.28. The average Bonchev–Trinajstić information content (AvgIpc) is 2.30. The zero-order valence-electron chi connectivity index (χ0n) is 10.4. The number of nitrogens with one attached hydrogen (secondary N) is 1. The molecule has 0 radical (unpaired) electrons. The first-order valence-corrected chi connectivity index (χ1v) is 6.61. The van der Waals surface area contributed by atoms with Gasteiger partial charge >= 0.3 is 0 Å². The first-order valence-electron chi connectivity index (χ1n) is 5.82. The van der Waals surface area contributed by atoms with E-state index in [2.05, 4.69) is 39.3 Å². The molecular formula is C13H23BrN2. The van der Waals surface area contributed by atoms with Crippen molar-refractivity contribution >= 4 is 15.9 Å². The number of hydrogen-bond donors (Lipinski definition) is 1. The quantitative estimate of drug-likeness (QED) is 0.800. The van der Waals surface area contributed by atoms with E-state index in [9.17, 15) is 0 Å². The first-order chi connectivity index (χ1) is 7.68. The van der Waals surface area contributed by atoms with Crippen LogP contribution in [0.4, 0.5) is 0 Å². The van der Waals surface area contributed by atoms with Crippen LogP contribution in [0.2, 0.25) is 0 Å². The van der Waals surface area contributed by atoms with Crippen molar-refractivity contribution in [2.24, 2.45) is 0 Å². The van der Waals surface area contributed by atoms with E-state index < -0.39 is 0 Å². The maximum atomic E-state index is 4.01. The van der Waals surface area contributed by atoms with Crippen molar-refractivity contribution < 1.29 is 0 Å². The molecule has 0 atom stereocenters. The third-order valence-corrected chi connectivity index (χ3v) is 2.40. The highest BCUT2D eigenvalue weighted by Crippen LogP contribution is 2.06. The molecule has 0 aromatic carbocycles. The monoisotopic (exact) mass is 286 g/mol. The minimum Gasteiger partial charge on any atom is -0.314 e. The predicted molar refractivity (Wildman–Crippen MR) is 77.0 cm³/mol. The van der Waals surface area contributed by atoms with Gasteiger partial charge in [0.05, 0.1) is 0 Å². The van der Waals surface area contributed by atoms with Crippen molar-refractivity contribution in [1.29, 1.82) is 0 Å². The van der Waals surface area contributed by atoms with E-state index in [0.29, 0.717) is 0 Å². The zero-order valence-corrected chi connectivity index (χ0v) is 12.0. The molecule has 1 saturated heterocycles. The van der Waals surface area contributed by atoms with Crippen LogP contribution >= 0.6 is 15.9 Å². The Morgan fingerprint density at radius 2 is 1.81 bits per heavy atom. The SMILES string of the molecule is C=C(Br)/C=C\C(=C)CN1CCNCC1.CC. The van der Waals surface area contributed by atoms with Gasteiger partial charge in [-0.25, -0.2) is 0 Å². The standard InChI is InChI=1S/C11H17BrN2.C2H6/c1-10(3-4-11(2)12)9-14-7-5-13-6-8-14;1-2/h3-4,13H,1-2,5-9H2;1-2H3/b4-3-;. The van der Waals surface area contributed by atoms with Crippen LogP contribution < -0.4 is 5.32 Å². The van der Waals surface area contributed by atoms with Crippen LogP contribution in [-0.2, 0) is 0 Å². The van der Waals surface area contributed by atoms with Crippen molar-refractivity contribution in [3.63, 3.8) is 0 Å². The Balaban J connectivity index is 0.00000106. The van der Waals surface area contributed by atoms with Gasteiger partial charge in [0.2, 0.25) is 0 Å². The maximum Gasteiger partial charge on any atom is 0.0228 e. The van der Waals surface area contributed by atoms with Gasteiger partial charge in [-0.05, 0) is 11.6 Å². The number of allylic oxidation sites excluding steroid dienone is 2. The lowest BCUT2D eigenvalue weighted by Crippen LogP contribution is -2.43. The van der Waals surface area contributed by atoms with E-state index in [1.807, 2.05) is 26.0 Å². The summed E-state index contributed by atoms with van der Waals surface area (Å²) in [6, 6.07) is 0. The molecule has 1 aliphatic heterocycles. The second-order valence-electron chi connectivity index (χ2n) is 3.46. The van der Waals surface area contributed by atoms with Gasteiger partial charge in [0.1, 0.15) is 0 Å². The summed E-state index contributed by atoms with van der Waals surface area (Å²) in [5, 5.41) is 3.33. The summed E-state index contributed by atoms with van der Waals surface area (Å²) in [5.41, 5.74) is 1.13. The number of hydrogen-bond acceptors (Lipinski definition) is 2. The minimum absolute atomic E-state index is 0.888. The summed E-state index contributed by atoms with van der Waals surface area (Å²) < 4.78 is 0.888. The summed E-state index contributed by atoms with van der Waals surface area (Å²) in [7, 11) is 0. The molecule has 16 heavy (non-hydrogen) atoms. The van der Waals surface area contributed by atoms with Crippen molar-refractivity contribution in [1.82, 2.24) is 10.2 Å². The molecular weight excluding hydrogens is 264 g/mol. The van der Waals surface area contributed by atoms with Gasteiger partial charge < -0.3 is 5.32 Å². The smallest absolute Gasteiger partial charge is 0.0228 e. The van der Waals surface area contributed by atoms with Crippen molar-refractivity contribution in [3.8, 4) is 0 Å². The fourth-order valence-corrected chi connectivity index (χ4v) is 1.55. The summed E-state index contributed by atoms with van der Waals surface area (Å²) in [6.45, 7) is 17.1. The highest BCUT2D eigenvalue weighted by atomic mass is 79.9. The average molecular weight is 287 g/mol. The van der Waals surface area contributed by atoms with Gasteiger partial charge in [0, 0.05) is 37.2 Å². The molecule has 3 heteroatoms. The van der Waals surface area contributed by atoms with E-state index in [0.717, 1.165) is 42.8 Å². The molecule has 1 aliphatic rings. The number of piperazine rings is 1. The van der Waals surface area contributed by atoms with Gasteiger partial charge in [0.15, 0.2) is 0 Å². The van der Waals surface area contributed by atoms with Crippen LogP contribution in [0, 0.1) is 0 Å². The second kappa shape index (κ2) is 9.82. The second-order valence-corrected chi connectivity index (χ2v) is 4.48. The lowest BCUT2D eigenvalue weighted by atomic mass is 10.2. The number of halogens is 1. The Morgan fingerprint density at radius 1 is 1.25 bits per heavy atom. The molecule has 0 saturated carbocycles. The van der Waals surface area contributed by atoms with Crippen LogP contribution in [0.25, 0.3) is 0 Å². The molecule has 2 nitrogen and oxygen atoms in total. The molecule has 0 aliphatic carbocycles. The van der Waals surface area contributed by atoms with Crippen molar-refractivity contribution in [2.75, 3.05) is 32.7 Å². The highest BCUT2D eigenvalue weighted by Gasteiger charge is 2.08. The largest absolute Gasteiger partial charge is 0.314 e. The maximum absolute atomic E-state index is 4.01. The van der Waals surface area contributed by atoms with Gasteiger partial charge in [-0.3, -0.25) is 4.90 Å². The van der Waals surface area contributed by atoms with Crippen LogP contribution in [-0.4, -0.2) is 37.6 Å². The molecule has 0 unspecified atom stereocenters. The van der Waals surface area contributed by atoms with E-state index in [4.69, 9.17) is 0 Å². The minimum atomic E-state index is 0.888. The van der Waals surface area contributed by atoms with Crippen LogP contribution in [0.5, 0.6) is 0 Å². The van der Waals surface area contributed by atoms with Crippen LogP contribution in [0.15, 0.2) is 35.4 Å². The van der Waals surface area contributed by atoms with Gasteiger partial charge in [0.25, 0.3) is 0 Å². The molecule has 1 N–H and O–H groups in total. The van der Waals surface area contributed by atoms with E-state index in [-0.39, 0.29) is 0 Å². The molecule has 0 bridgehead atoms. The number of rotatable bonds is 4. The van der Waals surface area contributed by atoms with E-state index in [1.165, 1.54) is 0 Å². The van der Waals surface area contributed by atoms with Gasteiger partial charge in [-0.2, -0.15) is 0 Å². The van der Waals surface area contributed by atoms with E-state index >= 15 is 0 Å². The number of nitrogens with zero attached hydrogens (tertiary/aromatic N) is 1. The molecule has 0 aromatic heterocycles. The Morgan fingerprint density at radius 3 is 2.31 bits per heavy atom. The van der Waals surface area contributed by atoms with Crippen LogP contribution in [0.3, 0.4) is 0 Å². The van der Waals surface area contributed by atoms with E-state index in [1.54, 1.807) is 0 Å². The fourth-order valence-electron chi connectivity index (χ4n) is 1.42. The Kier molecular flexibility index (Phi) is 9.59. The van der Waals surface area contributed by atoms with Crippen molar-refractivity contribution in [3.05, 3.63) is 35.4 Å². The zero-order chi connectivity index (χ0) is 12.4. The highest BCUT2D eigenvalue weighted by molar-refractivity contribution is 9.11. The van der Waals surface area contributed by atoms with Gasteiger partial charge in [-0.15, -0.1) is 0 Å². The normalized spacial score (nSPS) is 16.7. The topological polar surface area (TPSA) is 15.3 Å². The molecule has 0 spiro atoms. The Hall–Kier alpha value is -0.380. The van der Waals surface area contributed by atoms with Crippen molar-refractivity contribution in [2.45, 2.75) is 13.8 Å². The molecule has 0 amide bonds.